The van der Waals surface area contributed by atoms with Gasteiger partial charge in [0.15, 0.2) is 0 Å². The van der Waals surface area contributed by atoms with Gasteiger partial charge < -0.3 is 15.0 Å². The molecule has 114 valence electrons. The molecular weight excluding hydrogens is 270 g/mol. The first-order chi connectivity index (χ1) is 9.97. The van der Waals surface area contributed by atoms with E-state index in [2.05, 4.69) is 10.2 Å². The number of benzene rings is 1. The number of amides is 2. The highest BCUT2D eigenvalue weighted by Crippen LogP contribution is 2.20. The molecule has 2 amide bonds. The number of hydrogen-bond acceptors (Lipinski definition) is 5. The van der Waals surface area contributed by atoms with Crippen molar-refractivity contribution in [1.82, 2.24) is 9.80 Å². The summed E-state index contributed by atoms with van der Waals surface area (Å²) >= 11 is 0. The molecule has 1 saturated heterocycles. The second kappa shape index (κ2) is 6.58. The Morgan fingerprint density at radius 1 is 1.29 bits per heavy atom. The van der Waals surface area contributed by atoms with Crippen LogP contribution in [0, 0.1) is 0 Å². The van der Waals surface area contributed by atoms with E-state index in [0.717, 1.165) is 22.9 Å². The number of nitrogens with zero attached hydrogens (tertiary/aromatic N) is 2. The zero-order valence-corrected chi connectivity index (χ0v) is 12.6. The molecule has 1 atom stereocenters. The quantitative estimate of drug-likeness (QED) is 0.785. The van der Waals surface area contributed by atoms with Crippen LogP contribution in [0.15, 0.2) is 24.3 Å². The maximum absolute atomic E-state index is 11.8. The lowest BCUT2D eigenvalue weighted by atomic mass is 10.2. The number of carbonyl (C=O) groups excluding carboxylic acids is 2. The second-order valence-corrected chi connectivity index (χ2v) is 5.37. The number of rotatable bonds is 6. The standard InChI is InChI=1S/C15H21N3O3/c1-17(2)8-9-21-12-6-4-11(5-7-12)16-13-10-14(19)18(3)15(13)20/h4-7,13,16H,8-10H2,1-3H3. The summed E-state index contributed by atoms with van der Waals surface area (Å²) in [6.07, 6.45) is 0.205. The molecule has 1 aliphatic heterocycles. The smallest absolute Gasteiger partial charge is 0.251 e. The number of hydrogen-bond donors (Lipinski definition) is 1. The largest absolute Gasteiger partial charge is 0.492 e. The molecule has 1 aliphatic rings. The van der Waals surface area contributed by atoms with E-state index in [-0.39, 0.29) is 18.2 Å². The van der Waals surface area contributed by atoms with Gasteiger partial charge in [-0.3, -0.25) is 14.5 Å². The van der Waals surface area contributed by atoms with E-state index in [1.54, 1.807) is 0 Å². The van der Waals surface area contributed by atoms with Crippen molar-refractivity contribution in [2.75, 3.05) is 39.6 Å². The van der Waals surface area contributed by atoms with Crippen LogP contribution < -0.4 is 10.1 Å². The number of nitrogens with one attached hydrogen (secondary N) is 1. The Balaban J connectivity index is 1.88. The van der Waals surface area contributed by atoms with Gasteiger partial charge in [0.25, 0.3) is 5.91 Å². The Morgan fingerprint density at radius 2 is 1.95 bits per heavy atom. The van der Waals surface area contributed by atoms with Crippen LogP contribution in [-0.2, 0) is 9.59 Å². The molecule has 6 heteroatoms. The maximum atomic E-state index is 11.8. The number of ether oxygens (including phenoxy) is 1. The lowest BCUT2D eigenvalue weighted by Crippen LogP contribution is -2.31. The van der Waals surface area contributed by atoms with Gasteiger partial charge >= 0.3 is 0 Å². The van der Waals surface area contributed by atoms with E-state index in [1.165, 1.54) is 7.05 Å². The van der Waals surface area contributed by atoms with Crippen molar-refractivity contribution in [3.63, 3.8) is 0 Å². The molecule has 0 aromatic heterocycles. The molecule has 1 fully saturated rings. The summed E-state index contributed by atoms with van der Waals surface area (Å²) in [5.41, 5.74) is 0.802. The first-order valence-electron chi connectivity index (χ1n) is 6.92. The average molecular weight is 291 g/mol. The number of carbonyl (C=O) groups is 2. The van der Waals surface area contributed by atoms with Crippen molar-refractivity contribution >= 4 is 17.5 Å². The molecule has 0 aliphatic carbocycles. The minimum absolute atomic E-state index is 0.152. The first kappa shape index (κ1) is 15.3. The Morgan fingerprint density at radius 3 is 2.48 bits per heavy atom. The third kappa shape index (κ3) is 3.95. The van der Waals surface area contributed by atoms with Gasteiger partial charge in [0, 0.05) is 19.3 Å². The second-order valence-electron chi connectivity index (χ2n) is 5.37. The summed E-state index contributed by atoms with van der Waals surface area (Å²) in [5.74, 6) is 0.445. The van der Waals surface area contributed by atoms with E-state index >= 15 is 0 Å². The minimum Gasteiger partial charge on any atom is -0.492 e. The highest BCUT2D eigenvalue weighted by Gasteiger charge is 2.35. The Bertz CT molecular complexity index is 513. The molecule has 21 heavy (non-hydrogen) atoms. The minimum atomic E-state index is -0.469. The van der Waals surface area contributed by atoms with Crippen LogP contribution in [0.5, 0.6) is 5.75 Å². The monoisotopic (exact) mass is 291 g/mol. The summed E-state index contributed by atoms with van der Waals surface area (Å²) in [6, 6.07) is 6.93. The van der Waals surface area contributed by atoms with Crippen molar-refractivity contribution in [2.45, 2.75) is 12.5 Å². The van der Waals surface area contributed by atoms with Crippen molar-refractivity contribution in [1.29, 1.82) is 0 Å². The molecule has 0 bridgehead atoms. The van der Waals surface area contributed by atoms with Crippen molar-refractivity contribution in [2.24, 2.45) is 0 Å². The predicted octanol–water partition coefficient (Wildman–Crippen LogP) is 0.796. The zero-order chi connectivity index (χ0) is 15.4. The van der Waals surface area contributed by atoms with Crippen LogP contribution in [-0.4, -0.2) is 62.0 Å². The van der Waals surface area contributed by atoms with Gasteiger partial charge in [-0.05, 0) is 38.4 Å². The summed E-state index contributed by atoms with van der Waals surface area (Å²) in [5, 5.41) is 3.08. The fourth-order valence-electron chi connectivity index (χ4n) is 2.06. The highest BCUT2D eigenvalue weighted by molar-refractivity contribution is 6.06. The zero-order valence-electron chi connectivity index (χ0n) is 12.6. The normalized spacial score (nSPS) is 18.5. The molecule has 1 heterocycles. The molecule has 0 saturated carbocycles. The van der Waals surface area contributed by atoms with E-state index in [4.69, 9.17) is 4.74 Å². The van der Waals surface area contributed by atoms with Gasteiger partial charge in [0.05, 0.1) is 6.42 Å². The van der Waals surface area contributed by atoms with Gasteiger partial charge in [0.2, 0.25) is 5.91 Å². The molecule has 0 radical (unpaired) electrons. The van der Waals surface area contributed by atoms with Crippen LogP contribution in [0.1, 0.15) is 6.42 Å². The molecule has 1 aromatic carbocycles. The lowest BCUT2D eigenvalue weighted by Gasteiger charge is -2.14. The van der Waals surface area contributed by atoms with Crippen LogP contribution in [0.4, 0.5) is 5.69 Å². The molecular formula is C15H21N3O3. The molecule has 0 spiro atoms. The molecule has 1 aromatic rings. The summed E-state index contributed by atoms with van der Waals surface area (Å²) in [6.45, 7) is 1.48. The van der Waals surface area contributed by atoms with Gasteiger partial charge in [0.1, 0.15) is 18.4 Å². The van der Waals surface area contributed by atoms with Crippen molar-refractivity contribution < 1.29 is 14.3 Å². The van der Waals surface area contributed by atoms with Crippen LogP contribution >= 0.6 is 0 Å². The number of imide groups is 1. The molecule has 6 nitrogen and oxygen atoms in total. The van der Waals surface area contributed by atoms with Crippen LogP contribution in [0.3, 0.4) is 0 Å². The maximum Gasteiger partial charge on any atom is 0.251 e. The van der Waals surface area contributed by atoms with E-state index < -0.39 is 6.04 Å². The first-order valence-corrected chi connectivity index (χ1v) is 6.92. The Kier molecular flexibility index (Phi) is 4.80. The highest BCUT2D eigenvalue weighted by atomic mass is 16.5. The van der Waals surface area contributed by atoms with E-state index in [9.17, 15) is 9.59 Å². The Labute approximate surface area is 124 Å². The average Bonchev–Trinajstić information content (AvgIpc) is 2.68. The van der Waals surface area contributed by atoms with Crippen molar-refractivity contribution in [3.8, 4) is 5.75 Å². The molecule has 2 rings (SSSR count). The number of anilines is 1. The molecule has 1 N–H and O–H groups in total. The fraction of sp³-hybridized carbons (Fsp3) is 0.467. The van der Waals surface area contributed by atoms with Gasteiger partial charge in [-0.1, -0.05) is 0 Å². The third-order valence-corrected chi connectivity index (χ3v) is 3.38. The lowest BCUT2D eigenvalue weighted by molar-refractivity contribution is -0.136. The Hall–Kier alpha value is -2.08. The van der Waals surface area contributed by atoms with Gasteiger partial charge in [-0.15, -0.1) is 0 Å². The predicted molar refractivity (Wildman–Crippen MR) is 80.3 cm³/mol. The van der Waals surface area contributed by atoms with E-state index in [1.807, 2.05) is 38.4 Å². The molecule has 1 unspecified atom stereocenters. The van der Waals surface area contributed by atoms with Crippen LogP contribution in [0.25, 0.3) is 0 Å². The van der Waals surface area contributed by atoms with Gasteiger partial charge in [-0.2, -0.15) is 0 Å². The van der Waals surface area contributed by atoms with E-state index in [0.29, 0.717) is 6.61 Å². The summed E-state index contributed by atoms with van der Waals surface area (Å²) < 4.78 is 5.60. The topological polar surface area (TPSA) is 61.9 Å². The fourth-order valence-corrected chi connectivity index (χ4v) is 2.06. The van der Waals surface area contributed by atoms with Crippen molar-refractivity contribution in [3.05, 3.63) is 24.3 Å². The SMILES string of the molecule is CN(C)CCOc1ccc(NC2CC(=O)N(C)C2=O)cc1. The number of likely N-dealkylation sites (tertiary alicyclic amines) is 1. The number of likely N-dealkylation sites (N-methyl/N-ethyl adjacent to an activating group) is 2. The third-order valence-electron chi connectivity index (χ3n) is 3.38. The summed E-state index contributed by atoms with van der Waals surface area (Å²) in [4.78, 5) is 26.5. The van der Waals surface area contributed by atoms with Gasteiger partial charge in [-0.25, -0.2) is 0 Å². The van der Waals surface area contributed by atoms with Crippen LogP contribution in [0.2, 0.25) is 0 Å². The summed E-state index contributed by atoms with van der Waals surface area (Å²) in [7, 11) is 5.49.